The summed E-state index contributed by atoms with van der Waals surface area (Å²) in [5, 5.41) is 0.604. The molecule has 0 unspecified atom stereocenters. The fourth-order valence-electron chi connectivity index (χ4n) is 2.73. The molecule has 0 aliphatic rings. The summed E-state index contributed by atoms with van der Waals surface area (Å²) in [6.45, 7) is 0.329. The van der Waals surface area contributed by atoms with Gasteiger partial charge in [-0.3, -0.25) is 0 Å². The van der Waals surface area contributed by atoms with Gasteiger partial charge in [-0.2, -0.15) is 13.2 Å². The van der Waals surface area contributed by atoms with Gasteiger partial charge in [0.1, 0.15) is 0 Å². The second-order valence-electron chi connectivity index (χ2n) is 6.07. The van der Waals surface area contributed by atoms with E-state index in [1.165, 1.54) is 6.07 Å². The van der Waals surface area contributed by atoms with Crippen LogP contribution in [0.25, 0.3) is 0 Å². The highest BCUT2D eigenvalue weighted by atomic mass is 35.5. The summed E-state index contributed by atoms with van der Waals surface area (Å²) in [5.41, 5.74) is 0.370. The highest BCUT2D eigenvalue weighted by molar-refractivity contribution is 7.89. The Morgan fingerprint density at radius 3 is 2.32 bits per heavy atom. The van der Waals surface area contributed by atoms with Crippen molar-refractivity contribution in [1.29, 1.82) is 0 Å². The van der Waals surface area contributed by atoms with Gasteiger partial charge in [0.2, 0.25) is 10.0 Å². The van der Waals surface area contributed by atoms with E-state index in [2.05, 4.69) is 4.72 Å². The molecule has 148 valence electrons. The van der Waals surface area contributed by atoms with Gasteiger partial charge in [-0.05, 0) is 42.0 Å². The average Bonchev–Trinajstić information content (AvgIpc) is 3.08. The van der Waals surface area contributed by atoms with Gasteiger partial charge in [-0.15, -0.1) is 0 Å². The molecular formula is C19H16ClF3N2O2S. The Morgan fingerprint density at radius 1 is 0.964 bits per heavy atom. The fourth-order valence-corrected chi connectivity index (χ4v) is 4.08. The Bertz CT molecular complexity index is 1060. The lowest BCUT2D eigenvalue weighted by Gasteiger charge is -2.14. The monoisotopic (exact) mass is 428 g/mol. The molecule has 0 saturated heterocycles. The number of nitrogens with one attached hydrogen (secondary N) is 1. The van der Waals surface area contributed by atoms with Crippen molar-refractivity contribution < 1.29 is 21.6 Å². The number of hydrogen-bond acceptors (Lipinski definition) is 2. The Kier molecular flexibility index (Phi) is 5.83. The Hall–Kier alpha value is -2.29. The van der Waals surface area contributed by atoms with E-state index in [1.807, 2.05) is 12.1 Å². The number of halogens is 4. The van der Waals surface area contributed by atoms with E-state index in [4.69, 9.17) is 11.6 Å². The quantitative estimate of drug-likeness (QED) is 0.619. The van der Waals surface area contributed by atoms with Crippen LogP contribution in [0.3, 0.4) is 0 Å². The van der Waals surface area contributed by atoms with Gasteiger partial charge in [0.05, 0.1) is 17.0 Å². The van der Waals surface area contributed by atoms with E-state index >= 15 is 0 Å². The third-order valence-corrected chi connectivity index (χ3v) is 5.83. The summed E-state index contributed by atoms with van der Waals surface area (Å²) in [5.74, 6) is 0. The normalized spacial score (nSPS) is 12.3. The molecule has 3 rings (SSSR count). The molecule has 0 saturated carbocycles. The molecule has 9 heteroatoms. The predicted octanol–water partition coefficient (Wildman–Crippen LogP) is 4.69. The predicted molar refractivity (Wildman–Crippen MR) is 100 cm³/mol. The maximum Gasteiger partial charge on any atom is 0.417 e. The van der Waals surface area contributed by atoms with Gasteiger partial charge in [0, 0.05) is 23.5 Å². The third kappa shape index (κ3) is 4.76. The standard InChI is InChI=1S/C19H16ClF3N2O2S/c20-15-9-7-14(8-10-15)13-25-11-3-4-16(25)12-24-28(26,27)18-6-2-1-5-17(18)19(21,22)23/h1-11,24H,12-13H2. The van der Waals surface area contributed by atoms with E-state index in [9.17, 15) is 21.6 Å². The first-order chi connectivity index (χ1) is 13.2. The van der Waals surface area contributed by atoms with E-state index in [-0.39, 0.29) is 6.54 Å². The first-order valence-electron chi connectivity index (χ1n) is 8.21. The highest BCUT2D eigenvalue weighted by Gasteiger charge is 2.36. The van der Waals surface area contributed by atoms with Crippen LogP contribution >= 0.6 is 11.6 Å². The van der Waals surface area contributed by atoms with Crippen LogP contribution in [0.15, 0.2) is 71.8 Å². The second kappa shape index (κ2) is 7.98. The average molecular weight is 429 g/mol. The van der Waals surface area contributed by atoms with Crippen molar-refractivity contribution in [1.82, 2.24) is 9.29 Å². The molecule has 0 amide bonds. The number of hydrogen-bond donors (Lipinski definition) is 1. The number of aromatic nitrogens is 1. The van der Waals surface area contributed by atoms with Crippen LogP contribution in [0.2, 0.25) is 5.02 Å². The van der Waals surface area contributed by atoms with E-state index in [0.29, 0.717) is 17.3 Å². The zero-order valence-corrected chi connectivity index (χ0v) is 16.0. The molecule has 28 heavy (non-hydrogen) atoms. The van der Waals surface area contributed by atoms with E-state index in [0.717, 1.165) is 23.8 Å². The van der Waals surface area contributed by atoms with Crippen LogP contribution in [-0.2, 0) is 29.3 Å². The highest BCUT2D eigenvalue weighted by Crippen LogP contribution is 2.33. The van der Waals surface area contributed by atoms with Crippen molar-refractivity contribution in [3.8, 4) is 0 Å². The van der Waals surface area contributed by atoms with Gasteiger partial charge < -0.3 is 4.57 Å². The minimum Gasteiger partial charge on any atom is -0.346 e. The van der Waals surface area contributed by atoms with Crippen LogP contribution in [0.5, 0.6) is 0 Å². The summed E-state index contributed by atoms with van der Waals surface area (Å²) in [6, 6.07) is 14.7. The summed E-state index contributed by atoms with van der Waals surface area (Å²) in [6.07, 6.45) is -3.00. The lowest BCUT2D eigenvalue weighted by atomic mass is 10.2. The van der Waals surface area contributed by atoms with E-state index in [1.54, 1.807) is 35.0 Å². The Morgan fingerprint density at radius 2 is 1.64 bits per heavy atom. The maximum absolute atomic E-state index is 13.1. The van der Waals surface area contributed by atoms with Crippen LogP contribution in [0, 0.1) is 0 Å². The van der Waals surface area contributed by atoms with Crippen molar-refractivity contribution in [3.05, 3.63) is 88.7 Å². The fraction of sp³-hybridized carbons (Fsp3) is 0.158. The van der Waals surface area contributed by atoms with Gasteiger partial charge in [0.15, 0.2) is 0 Å². The number of sulfonamides is 1. The van der Waals surface area contributed by atoms with Crippen LogP contribution in [0.4, 0.5) is 13.2 Å². The minimum absolute atomic E-state index is 0.144. The largest absolute Gasteiger partial charge is 0.417 e. The summed E-state index contributed by atoms with van der Waals surface area (Å²) < 4.78 is 68.4. The molecular weight excluding hydrogens is 413 g/mol. The maximum atomic E-state index is 13.1. The van der Waals surface area contributed by atoms with E-state index < -0.39 is 26.7 Å². The third-order valence-electron chi connectivity index (χ3n) is 4.11. The molecule has 0 aliphatic heterocycles. The molecule has 1 heterocycles. The van der Waals surface area contributed by atoms with Gasteiger partial charge >= 0.3 is 6.18 Å². The number of rotatable bonds is 6. The number of nitrogens with zero attached hydrogens (tertiary/aromatic N) is 1. The topological polar surface area (TPSA) is 51.1 Å². The molecule has 0 aliphatic carbocycles. The SMILES string of the molecule is O=S(=O)(NCc1cccn1Cc1ccc(Cl)cc1)c1ccccc1C(F)(F)F. The lowest BCUT2D eigenvalue weighted by molar-refractivity contribution is -0.139. The van der Waals surface area contributed by atoms with Crippen molar-refractivity contribution >= 4 is 21.6 Å². The first-order valence-corrected chi connectivity index (χ1v) is 10.1. The number of alkyl halides is 3. The number of benzene rings is 2. The van der Waals surface area contributed by atoms with Gasteiger partial charge in [-0.25, -0.2) is 13.1 Å². The molecule has 0 atom stereocenters. The van der Waals surface area contributed by atoms with Gasteiger partial charge in [0.25, 0.3) is 0 Å². The molecule has 1 aromatic heterocycles. The molecule has 3 aromatic rings. The minimum atomic E-state index is -4.76. The Labute approximate surface area is 165 Å². The molecule has 1 N–H and O–H groups in total. The molecule has 0 bridgehead atoms. The second-order valence-corrected chi connectivity index (χ2v) is 8.24. The van der Waals surface area contributed by atoms with Crippen LogP contribution < -0.4 is 4.72 Å². The summed E-state index contributed by atoms with van der Waals surface area (Å²) in [4.78, 5) is -0.793. The molecule has 0 spiro atoms. The molecule has 0 radical (unpaired) electrons. The lowest BCUT2D eigenvalue weighted by Crippen LogP contribution is -2.27. The van der Waals surface area contributed by atoms with Gasteiger partial charge in [-0.1, -0.05) is 35.9 Å². The van der Waals surface area contributed by atoms with Crippen LogP contribution in [0.1, 0.15) is 16.8 Å². The zero-order chi connectivity index (χ0) is 20.4. The smallest absolute Gasteiger partial charge is 0.346 e. The molecule has 0 fully saturated rings. The van der Waals surface area contributed by atoms with Crippen molar-refractivity contribution in [2.75, 3.05) is 0 Å². The van der Waals surface area contributed by atoms with Crippen molar-refractivity contribution in [2.24, 2.45) is 0 Å². The zero-order valence-electron chi connectivity index (χ0n) is 14.4. The summed E-state index contributed by atoms with van der Waals surface area (Å²) in [7, 11) is -4.35. The molecule has 2 aromatic carbocycles. The Balaban J connectivity index is 1.78. The summed E-state index contributed by atoms with van der Waals surface area (Å²) >= 11 is 5.86. The van der Waals surface area contributed by atoms with Crippen molar-refractivity contribution in [3.63, 3.8) is 0 Å². The molecule has 4 nitrogen and oxygen atoms in total. The van der Waals surface area contributed by atoms with Crippen molar-refractivity contribution in [2.45, 2.75) is 24.2 Å². The first kappa shape index (κ1) is 20.4. The van der Waals surface area contributed by atoms with Crippen LogP contribution in [-0.4, -0.2) is 13.0 Å².